The number of nitrogens with zero attached hydrogens (tertiary/aromatic N) is 4. The fourth-order valence-corrected chi connectivity index (χ4v) is 3.47. The second kappa shape index (κ2) is 8.30. The van der Waals surface area contributed by atoms with Crippen LogP contribution in [-0.4, -0.2) is 38.7 Å². The van der Waals surface area contributed by atoms with Gasteiger partial charge in [-0.1, -0.05) is 19.1 Å². The van der Waals surface area contributed by atoms with Gasteiger partial charge >= 0.3 is 0 Å². The lowest BCUT2D eigenvalue weighted by Crippen LogP contribution is -2.36. The molecule has 2 aromatic heterocycles. The third kappa shape index (κ3) is 4.53. The summed E-state index contributed by atoms with van der Waals surface area (Å²) in [5.74, 6) is 1.15. The largest absolute Gasteiger partial charge is 0.355 e. The molecule has 3 heterocycles. The molecule has 4 rings (SSSR count). The molecule has 29 heavy (non-hydrogen) atoms. The first-order chi connectivity index (χ1) is 14.1. The Labute approximate surface area is 168 Å². The van der Waals surface area contributed by atoms with Gasteiger partial charge in [0, 0.05) is 30.4 Å². The Balaban J connectivity index is 1.45. The Hall–Kier alpha value is -3.42. The van der Waals surface area contributed by atoms with E-state index in [0.29, 0.717) is 11.6 Å². The second-order valence-electron chi connectivity index (χ2n) is 7.45. The van der Waals surface area contributed by atoms with E-state index >= 15 is 0 Å². The van der Waals surface area contributed by atoms with Crippen LogP contribution in [0.4, 0.5) is 11.5 Å². The van der Waals surface area contributed by atoms with Gasteiger partial charge in [-0.05, 0) is 37.0 Å². The molecule has 1 saturated heterocycles. The Bertz CT molecular complexity index is 1040. The number of aromatic nitrogens is 4. The number of benzene rings is 1. The average Bonchev–Trinajstić information content (AvgIpc) is 3.25. The first-order valence-electron chi connectivity index (χ1n) is 9.80. The molecule has 0 spiro atoms. The number of carbonyl (C=O) groups excluding carboxylic acids is 1. The predicted octanol–water partition coefficient (Wildman–Crippen LogP) is 2.51. The summed E-state index contributed by atoms with van der Waals surface area (Å²) in [6.45, 7) is 3.94. The fraction of sp³-hybridized carbons (Fsp3) is 0.333. The Morgan fingerprint density at radius 1 is 1.24 bits per heavy atom. The number of rotatable bonds is 5. The molecule has 1 fully saturated rings. The third-order valence-corrected chi connectivity index (χ3v) is 5.21. The molecular formula is C21H24N6O2. The number of hydrogen-bond acceptors (Lipinski definition) is 5. The first-order valence-corrected chi connectivity index (χ1v) is 9.80. The van der Waals surface area contributed by atoms with Crippen LogP contribution < -0.4 is 15.8 Å². The smallest absolute Gasteiger partial charge is 0.267 e. The van der Waals surface area contributed by atoms with E-state index in [-0.39, 0.29) is 18.0 Å². The van der Waals surface area contributed by atoms with Crippen LogP contribution >= 0.6 is 0 Å². The molecule has 0 radical (unpaired) electrons. The molecule has 0 atom stereocenters. The monoisotopic (exact) mass is 392 g/mol. The van der Waals surface area contributed by atoms with Gasteiger partial charge in [0.25, 0.3) is 5.56 Å². The summed E-state index contributed by atoms with van der Waals surface area (Å²) < 4.78 is 1.22. The lowest BCUT2D eigenvalue weighted by atomic mass is 9.99. The molecule has 150 valence electrons. The van der Waals surface area contributed by atoms with E-state index in [9.17, 15) is 9.59 Å². The minimum atomic E-state index is -0.300. The van der Waals surface area contributed by atoms with Gasteiger partial charge in [-0.2, -0.15) is 5.10 Å². The number of amides is 1. The highest BCUT2D eigenvalue weighted by atomic mass is 16.2. The predicted molar refractivity (Wildman–Crippen MR) is 112 cm³/mol. The zero-order chi connectivity index (χ0) is 20.2. The van der Waals surface area contributed by atoms with E-state index < -0.39 is 0 Å². The minimum Gasteiger partial charge on any atom is -0.355 e. The standard InChI is InChI=1S/C21H24N6O2/c1-15-7-9-26(10-8-15)19-5-6-21(29)27(25-19)13-20(28)24-17-4-2-3-16(11-17)18-12-22-14-23-18/h2-6,11-12,14-15H,7-10,13H2,1H3,(H,22,23)(H,24,28). The van der Waals surface area contributed by atoms with Gasteiger partial charge in [-0.15, -0.1) is 0 Å². The molecule has 0 aliphatic carbocycles. The highest BCUT2D eigenvalue weighted by molar-refractivity contribution is 5.91. The summed E-state index contributed by atoms with van der Waals surface area (Å²) in [5.41, 5.74) is 2.14. The quantitative estimate of drug-likeness (QED) is 0.696. The van der Waals surface area contributed by atoms with Gasteiger partial charge in [0.1, 0.15) is 12.4 Å². The first kappa shape index (κ1) is 18.9. The van der Waals surface area contributed by atoms with E-state index in [1.54, 1.807) is 24.7 Å². The molecule has 1 amide bonds. The number of aromatic amines is 1. The summed E-state index contributed by atoms with van der Waals surface area (Å²) in [5, 5.41) is 7.26. The molecule has 0 saturated carbocycles. The number of piperidine rings is 1. The second-order valence-corrected chi connectivity index (χ2v) is 7.45. The Morgan fingerprint density at radius 2 is 2.07 bits per heavy atom. The van der Waals surface area contributed by atoms with Crippen molar-refractivity contribution in [1.82, 2.24) is 19.7 Å². The summed E-state index contributed by atoms with van der Waals surface area (Å²) in [4.78, 5) is 33.9. The zero-order valence-corrected chi connectivity index (χ0v) is 16.3. The van der Waals surface area contributed by atoms with Gasteiger partial charge in [0.05, 0.1) is 18.2 Å². The number of carbonyl (C=O) groups is 1. The van der Waals surface area contributed by atoms with E-state index in [2.05, 4.69) is 32.2 Å². The number of H-pyrrole nitrogens is 1. The van der Waals surface area contributed by atoms with Gasteiger partial charge in [0.15, 0.2) is 0 Å². The molecule has 1 aromatic carbocycles. The molecule has 1 aliphatic rings. The number of nitrogens with one attached hydrogen (secondary N) is 2. The van der Waals surface area contributed by atoms with Crippen molar-refractivity contribution in [3.63, 3.8) is 0 Å². The van der Waals surface area contributed by atoms with E-state index in [1.165, 1.54) is 10.7 Å². The topological polar surface area (TPSA) is 95.9 Å². The third-order valence-electron chi connectivity index (χ3n) is 5.21. The van der Waals surface area contributed by atoms with Crippen molar-refractivity contribution in [3.05, 3.63) is 59.3 Å². The average molecular weight is 392 g/mol. The highest BCUT2D eigenvalue weighted by Gasteiger charge is 2.18. The van der Waals surface area contributed by atoms with Crippen molar-refractivity contribution >= 4 is 17.4 Å². The molecule has 2 N–H and O–H groups in total. The Kier molecular flexibility index (Phi) is 5.41. The van der Waals surface area contributed by atoms with Crippen molar-refractivity contribution in [1.29, 1.82) is 0 Å². The maximum Gasteiger partial charge on any atom is 0.267 e. The van der Waals surface area contributed by atoms with E-state index in [4.69, 9.17) is 0 Å². The van der Waals surface area contributed by atoms with Crippen molar-refractivity contribution in [2.45, 2.75) is 26.3 Å². The SMILES string of the molecule is CC1CCN(c2ccc(=O)n(CC(=O)Nc3cccc(-c4cnc[nH]4)c3)n2)CC1. The van der Waals surface area contributed by atoms with E-state index in [1.807, 2.05) is 18.2 Å². The maximum atomic E-state index is 12.5. The van der Waals surface area contributed by atoms with Gasteiger partial charge in [-0.25, -0.2) is 9.67 Å². The Morgan fingerprint density at radius 3 is 2.83 bits per heavy atom. The van der Waals surface area contributed by atoms with Crippen LogP contribution in [0.25, 0.3) is 11.3 Å². The van der Waals surface area contributed by atoms with Crippen LogP contribution in [0.5, 0.6) is 0 Å². The van der Waals surface area contributed by atoms with Crippen LogP contribution in [0.1, 0.15) is 19.8 Å². The summed E-state index contributed by atoms with van der Waals surface area (Å²) in [6, 6.07) is 10.7. The highest BCUT2D eigenvalue weighted by Crippen LogP contribution is 2.21. The van der Waals surface area contributed by atoms with Crippen LogP contribution in [0.2, 0.25) is 0 Å². The molecule has 0 unspecified atom stereocenters. The maximum absolute atomic E-state index is 12.5. The lowest BCUT2D eigenvalue weighted by Gasteiger charge is -2.31. The zero-order valence-electron chi connectivity index (χ0n) is 16.3. The van der Waals surface area contributed by atoms with Crippen molar-refractivity contribution < 1.29 is 4.79 Å². The van der Waals surface area contributed by atoms with E-state index in [0.717, 1.165) is 43.0 Å². The molecule has 8 heteroatoms. The van der Waals surface area contributed by atoms with Gasteiger partial charge in [-0.3, -0.25) is 9.59 Å². The van der Waals surface area contributed by atoms with Crippen LogP contribution in [0, 0.1) is 5.92 Å². The summed E-state index contributed by atoms with van der Waals surface area (Å²) in [6.07, 6.45) is 5.54. The molecule has 3 aromatic rings. The molecule has 8 nitrogen and oxygen atoms in total. The van der Waals surface area contributed by atoms with Crippen molar-refractivity contribution in [3.8, 4) is 11.3 Å². The van der Waals surface area contributed by atoms with Crippen LogP contribution in [0.15, 0.2) is 53.7 Å². The summed E-state index contributed by atoms with van der Waals surface area (Å²) >= 11 is 0. The number of imidazole rings is 1. The normalized spacial score (nSPS) is 14.7. The number of hydrogen-bond donors (Lipinski definition) is 2. The number of anilines is 2. The molecular weight excluding hydrogens is 368 g/mol. The van der Waals surface area contributed by atoms with Crippen LogP contribution in [-0.2, 0) is 11.3 Å². The summed E-state index contributed by atoms with van der Waals surface area (Å²) in [7, 11) is 0. The lowest BCUT2D eigenvalue weighted by molar-refractivity contribution is -0.117. The van der Waals surface area contributed by atoms with Gasteiger partial charge < -0.3 is 15.2 Å². The molecule has 1 aliphatic heterocycles. The van der Waals surface area contributed by atoms with Gasteiger partial charge in [0.2, 0.25) is 5.91 Å². The van der Waals surface area contributed by atoms with Crippen molar-refractivity contribution in [2.24, 2.45) is 5.92 Å². The molecule has 0 bridgehead atoms. The van der Waals surface area contributed by atoms with Crippen LogP contribution in [0.3, 0.4) is 0 Å². The van der Waals surface area contributed by atoms with Crippen molar-refractivity contribution in [2.75, 3.05) is 23.3 Å². The minimum absolute atomic E-state index is 0.134. The fourth-order valence-electron chi connectivity index (χ4n) is 3.47.